The lowest BCUT2D eigenvalue weighted by Gasteiger charge is -2.14. The van der Waals surface area contributed by atoms with Crippen LogP contribution in [0.3, 0.4) is 0 Å². The minimum Gasteiger partial charge on any atom is -0.381 e. The molecule has 164 valence electrons. The molecule has 0 aromatic carbocycles. The fourth-order valence-electron chi connectivity index (χ4n) is 4.19. The topological polar surface area (TPSA) is 81.9 Å². The number of carbonyl (C=O) groups excluding carboxylic acids is 1. The van der Waals surface area contributed by atoms with Crippen LogP contribution < -0.4 is 5.32 Å². The molecule has 0 aliphatic heterocycles. The Morgan fingerprint density at radius 2 is 2.06 bits per heavy atom. The van der Waals surface area contributed by atoms with Gasteiger partial charge in [-0.25, -0.2) is 15.0 Å². The third kappa shape index (κ3) is 4.27. The predicted molar refractivity (Wildman–Crippen MR) is 113 cm³/mol. The molecule has 1 aliphatic rings. The number of rotatable bonds is 5. The van der Waals surface area contributed by atoms with Crippen molar-refractivity contribution in [3.63, 3.8) is 0 Å². The van der Waals surface area contributed by atoms with Gasteiger partial charge in [0.05, 0.1) is 23.5 Å². The standard InChI is InChI=1S/C22H25F2N5O2/c1-12-7-18(28-21(26-12)22(3,23)24)17-11-29(14-5-6-15(8-14)31-4)19-10-25-20(9-16(17)19)27-13(2)30/h7,9-11,14-15H,5-6,8H2,1-4H3,(H,25,27,30). The van der Waals surface area contributed by atoms with E-state index < -0.39 is 11.7 Å². The summed E-state index contributed by atoms with van der Waals surface area (Å²) < 4.78 is 35.6. The normalized spacial score (nSPS) is 19.2. The van der Waals surface area contributed by atoms with E-state index in [1.165, 1.54) is 6.92 Å². The molecule has 0 spiro atoms. The van der Waals surface area contributed by atoms with Gasteiger partial charge in [0.25, 0.3) is 0 Å². The first kappa shape index (κ1) is 21.3. The second-order valence-corrected chi connectivity index (χ2v) is 8.15. The largest absolute Gasteiger partial charge is 0.381 e. The molecule has 1 N–H and O–H groups in total. The van der Waals surface area contributed by atoms with Crippen molar-refractivity contribution in [2.75, 3.05) is 12.4 Å². The lowest BCUT2D eigenvalue weighted by molar-refractivity contribution is -0.114. The molecule has 2 unspecified atom stereocenters. The monoisotopic (exact) mass is 429 g/mol. The van der Waals surface area contributed by atoms with Crippen LogP contribution >= 0.6 is 0 Å². The molecule has 2 atom stereocenters. The van der Waals surface area contributed by atoms with E-state index in [-0.39, 0.29) is 18.1 Å². The first-order chi connectivity index (χ1) is 14.7. The van der Waals surface area contributed by atoms with Gasteiger partial charge >= 0.3 is 5.92 Å². The number of alkyl halides is 2. The summed E-state index contributed by atoms with van der Waals surface area (Å²) in [4.78, 5) is 24.0. The summed E-state index contributed by atoms with van der Waals surface area (Å²) in [7, 11) is 1.71. The van der Waals surface area contributed by atoms with Gasteiger partial charge in [0.1, 0.15) is 5.82 Å². The quantitative estimate of drug-likeness (QED) is 0.640. The van der Waals surface area contributed by atoms with Crippen LogP contribution in [0.15, 0.2) is 24.5 Å². The van der Waals surface area contributed by atoms with Crippen molar-refractivity contribution in [2.24, 2.45) is 0 Å². The second-order valence-electron chi connectivity index (χ2n) is 8.15. The number of nitrogens with zero attached hydrogens (tertiary/aromatic N) is 4. The van der Waals surface area contributed by atoms with Gasteiger partial charge in [-0.15, -0.1) is 0 Å². The zero-order valence-electron chi connectivity index (χ0n) is 17.9. The molecule has 1 aliphatic carbocycles. The Morgan fingerprint density at radius 3 is 2.71 bits per heavy atom. The fraction of sp³-hybridized carbons (Fsp3) is 0.455. The molecular formula is C22H25F2N5O2. The van der Waals surface area contributed by atoms with Crippen LogP contribution in [0.4, 0.5) is 14.6 Å². The molecule has 3 aromatic heterocycles. The third-order valence-corrected chi connectivity index (χ3v) is 5.63. The van der Waals surface area contributed by atoms with E-state index in [4.69, 9.17) is 4.74 Å². The molecular weight excluding hydrogens is 404 g/mol. The van der Waals surface area contributed by atoms with Crippen LogP contribution in [-0.2, 0) is 15.5 Å². The van der Waals surface area contributed by atoms with Crippen molar-refractivity contribution in [1.82, 2.24) is 19.5 Å². The average molecular weight is 429 g/mol. The molecule has 1 saturated carbocycles. The minimum atomic E-state index is -3.15. The van der Waals surface area contributed by atoms with E-state index in [1.807, 2.05) is 6.20 Å². The Balaban J connectivity index is 1.89. The Labute approximate surface area is 178 Å². The van der Waals surface area contributed by atoms with E-state index in [1.54, 1.807) is 32.4 Å². The van der Waals surface area contributed by atoms with Crippen LogP contribution in [0.25, 0.3) is 22.2 Å². The van der Waals surface area contributed by atoms with Gasteiger partial charge in [-0.2, -0.15) is 8.78 Å². The Kier molecular flexibility index (Phi) is 5.47. The summed E-state index contributed by atoms with van der Waals surface area (Å²) in [5.41, 5.74) is 2.42. The number of amides is 1. The molecule has 31 heavy (non-hydrogen) atoms. The van der Waals surface area contributed by atoms with E-state index in [0.717, 1.165) is 37.1 Å². The number of aryl methyl sites for hydroxylation is 1. The van der Waals surface area contributed by atoms with Crippen LogP contribution in [0.5, 0.6) is 0 Å². The average Bonchev–Trinajstić information content (AvgIpc) is 3.30. The maximum atomic E-state index is 14.0. The van der Waals surface area contributed by atoms with Crippen molar-refractivity contribution in [2.45, 2.75) is 58.1 Å². The molecule has 0 radical (unpaired) electrons. The molecule has 3 heterocycles. The number of carbonyl (C=O) groups is 1. The van der Waals surface area contributed by atoms with Gasteiger partial charge < -0.3 is 14.6 Å². The zero-order valence-corrected chi connectivity index (χ0v) is 17.9. The van der Waals surface area contributed by atoms with Gasteiger partial charge in [-0.05, 0) is 38.3 Å². The number of anilines is 1. The van der Waals surface area contributed by atoms with E-state index in [9.17, 15) is 13.6 Å². The lowest BCUT2D eigenvalue weighted by Crippen LogP contribution is -2.13. The molecule has 3 aromatic rings. The van der Waals surface area contributed by atoms with Gasteiger partial charge in [0.15, 0.2) is 5.82 Å². The molecule has 4 rings (SSSR count). The zero-order chi connectivity index (χ0) is 22.3. The van der Waals surface area contributed by atoms with Crippen molar-refractivity contribution < 1.29 is 18.3 Å². The second kappa shape index (κ2) is 7.96. The molecule has 0 saturated heterocycles. The van der Waals surface area contributed by atoms with Gasteiger partial charge in [0.2, 0.25) is 5.91 Å². The van der Waals surface area contributed by atoms with Crippen molar-refractivity contribution in [3.05, 3.63) is 36.0 Å². The molecule has 1 fully saturated rings. The number of halogens is 2. The predicted octanol–water partition coefficient (Wildman–Crippen LogP) is 4.61. The molecule has 7 nitrogen and oxygen atoms in total. The fourth-order valence-corrected chi connectivity index (χ4v) is 4.19. The summed E-state index contributed by atoms with van der Waals surface area (Å²) in [5.74, 6) is -3.51. The van der Waals surface area contributed by atoms with Crippen molar-refractivity contribution in [1.29, 1.82) is 0 Å². The number of fused-ring (bicyclic) bond motifs is 1. The van der Waals surface area contributed by atoms with E-state index >= 15 is 0 Å². The van der Waals surface area contributed by atoms with Crippen LogP contribution in [0.1, 0.15) is 50.7 Å². The number of pyridine rings is 1. The van der Waals surface area contributed by atoms with E-state index in [2.05, 4.69) is 24.8 Å². The third-order valence-electron chi connectivity index (χ3n) is 5.63. The number of aromatic nitrogens is 4. The summed E-state index contributed by atoms with van der Waals surface area (Å²) in [6, 6.07) is 3.65. The molecule has 1 amide bonds. The van der Waals surface area contributed by atoms with Crippen LogP contribution in [0.2, 0.25) is 0 Å². The highest BCUT2D eigenvalue weighted by molar-refractivity contribution is 5.98. The number of hydrogen-bond donors (Lipinski definition) is 1. The smallest absolute Gasteiger partial charge is 0.303 e. The first-order valence-corrected chi connectivity index (χ1v) is 10.2. The van der Waals surface area contributed by atoms with Gasteiger partial charge in [-0.1, -0.05) is 0 Å². The van der Waals surface area contributed by atoms with Gasteiger partial charge in [-0.3, -0.25) is 4.79 Å². The van der Waals surface area contributed by atoms with Crippen molar-refractivity contribution >= 4 is 22.6 Å². The lowest BCUT2D eigenvalue weighted by atomic mass is 10.1. The maximum Gasteiger partial charge on any atom is 0.303 e. The van der Waals surface area contributed by atoms with Gasteiger partial charge in [0, 0.05) is 49.8 Å². The first-order valence-electron chi connectivity index (χ1n) is 10.2. The maximum absolute atomic E-state index is 14.0. The number of hydrogen-bond acceptors (Lipinski definition) is 5. The number of ether oxygens (including phenoxy) is 1. The highest BCUT2D eigenvalue weighted by atomic mass is 19.3. The molecule has 0 bridgehead atoms. The van der Waals surface area contributed by atoms with E-state index in [0.29, 0.717) is 22.8 Å². The van der Waals surface area contributed by atoms with Crippen molar-refractivity contribution in [3.8, 4) is 11.3 Å². The molecule has 9 heteroatoms. The minimum absolute atomic E-state index is 0.184. The summed E-state index contributed by atoms with van der Waals surface area (Å²) in [5, 5.41) is 3.47. The highest BCUT2D eigenvalue weighted by Gasteiger charge is 2.31. The Bertz CT molecular complexity index is 1140. The Hall–Kier alpha value is -2.94. The Morgan fingerprint density at radius 1 is 1.29 bits per heavy atom. The number of methoxy groups -OCH3 is 1. The van der Waals surface area contributed by atoms with Crippen LogP contribution in [0, 0.1) is 6.92 Å². The summed E-state index contributed by atoms with van der Waals surface area (Å²) in [6.45, 7) is 3.87. The summed E-state index contributed by atoms with van der Waals surface area (Å²) >= 11 is 0. The number of nitrogens with one attached hydrogen (secondary N) is 1. The van der Waals surface area contributed by atoms with Crippen LogP contribution in [-0.4, -0.2) is 38.6 Å². The highest BCUT2D eigenvalue weighted by Crippen LogP contribution is 2.39. The SMILES string of the molecule is COC1CCC(n2cc(-c3cc(C)nc(C(C)(F)F)n3)c3cc(NC(C)=O)ncc32)C1. The summed E-state index contributed by atoms with van der Waals surface area (Å²) in [6.07, 6.45) is 6.57.